The van der Waals surface area contributed by atoms with Crippen molar-refractivity contribution in [3.63, 3.8) is 0 Å². The Hall–Kier alpha value is -2.68. The summed E-state index contributed by atoms with van der Waals surface area (Å²) in [5.74, 6) is 0.0267. The summed E-state index contributed by atoms with van der Waals surface area (Å²) < 4.78 is 28.2. The Morgan fingerprint density at radius 1 is 1.09 bits per heavy atom. The van der Waals surface area contributed by atoms with Crippen molar-refractivity contribution < 1.29 is 17.7 Å². The van der Waals surface area contributed by atoms with Crippen LogP contribution in [0.25, 0.3) is 10.9 Å². The monoisotopic (exact) mass is 470 g/mol. The number of aryl methyl sites for hydroxylation is 2. The highest BCUT2D eigenvalue weighted by atomic mass is 32.2. The fourth-order valence-electron chi connectivity index (χ4n) is 4.74. The van der Waals surface area contributed by atoms with Crippen LogP contribution in [0, 0.1) is 0 Å². The molecule has 33 heavy (non-hydrogen) atoms. The van der Waals surface area contributed by atoms with Crippen molar-refractivity contribution in [3.8, 4) is 5.75 Å². The first kappa shape index (κ1) is 23.5. The molecule has 2 aromatic carbocycles. The van der Waals surface area contributed by atoms with Gasteiger partial charge in [0.15, 0.2) is 5.75 Å². The summed E-state index contributed by atoms with van der Waals surface area (Å²) in [6.45, 7) is 4.71. The van der Waals surface area contributed by atoms with E-state index in [9.17, 15) is 18.3 Å². The van der Waals surface area contributed by atoms with Gasteiger partial charge in [-0.2, -0.15) is 8.42 Å². The molecule has 1 aliphatic rings. The molecular formula is C25H30N2O5S. The number of hydrogen-bond donors (Lipinski definition) is 3. The smallest absolute Gasteiger partial charge is 0.306 e. The van der Waals surface area contributed by atoms with Crippen LogP contribution in [0.3, 0.4) is 0 Å². The molecule has 176 valence electrons. The molecule has 0 saturated heterocycles. The van der Waals surface area contributed by atoms with Crippen LogP contribution in [-0.2, 0) is 35.8 Å². The lowest BCUT2D eigenvalue weighted by molar-refractivity contribution is 0.171. The lowest BCUT2D eigenvalue weighted by Crippen LogP contribution is -2.33. The van der Waals surface area contributed by atoms with Crippen LogP contribution >= 0.6 is 0 Å². The molecule has 3 aromatic rings. The Kier molecular flexibility index (Phi) is 6.61. The summed E-state index contributed by atoms with van der Waals surface area (Å²) in [5.41, 5.74) is 6.03. The number of nitrogens with one attached hydrogen (secondary N) is 2. The predicted octanol–water partition coefficient (Wildman–Crippen LogP) is 2.78. The zero-order chi connectivity index (χ0) is 23.8. The molecule has 0 saturated carbocycles. The van der Waals surface area contributed by atoms with E-state index < -0.39 is 16.2 Å². The Morgan fingerprint density at radius 3 is 2.30 bits per heavy atom. The summed E-state index contributed by atoms with van der Waals surface area (Å²) in [5, 5.41) is 15.0. The van der Waals surface area contributed by atoms with Crippen LogP contribution in [-0.4, -0.2) is 37.4 Å². The number of rotatable bonds is 8. The van der Waals surface area contributed by atoms with Crippen LogP contribution in [0.15, 0.2) is 41.2 Å². The fourth-order valence-corrected chi connectivity index (χ4v) is 5.20. The van der Waals surface area contributed by atoms with Gasteiger partial charge in [0.1, 0.15) is 0 Å². The third kappa shape index (κ3) is 5.13. The first-order valence-corrected chi connectivity index (χ1v) is 13.1. The molecular weight excluding hydrogens is 440 g/mol. The summed E-state index contributed by atoms with van der Waals surface area (Å²) >= 11 is 0. The Labute approximate surface area is 193 Å². The highest BCUT2D eigenvalue weighted by molar-refractivity contribution is 7.86. The number of benzene rings is 2. The average Bonchev–Trinajstić information content (AvgIpc) is 3.17. The Bertz CT molecular complexity index is 1310. The van der Waals surface area contributed by atoms with Gasteiger partial charge in [0.2, 0.25) is 5.56 Å². The topological polar surface area (TPSA) is 108 Å². The van der Waals surface area contributed by atoms with Crippen LogP contribution < -0.4 is 15.1 Å². The maximum atomic E-state index is 11.8. The molecule has 0 aliphatic heterocycles. The summed E-state index contributed by atoms with van der Waals surface area (Å²) in [4.78, 5) is 14.5. The predicted molar refractivity (Wildman–Crippen MR) is 129 cm³/mol. The normalized spacial score (nSPS) is 15.0. The van der Waals surface area contributed by atoms with Crippen molar-refractivity contribution in [2.75, 3.05) is 12.8 Å². The minimum atomic E-state index is -3.77. The quantitative estimate of drug-likeness (QED) is 0.437. The van der Waals surface area contributed by atoms with Crippen LogP contribution in [0.2, 0.25) is 0 Å². The van der Waals surface area contributed by atoms with E-state index in [1.165, 1.54) is 34.4 Å². The first-order chi connectivity index (χ1) is 15.7. The van der Waals surface area contributed by atoms with E-state index in [0.29, 0.717) is 17.5 Å². The van der Waals surface area contributed by atoms with Gasteiger partial charge in [-0.15, -0.1) is 0 Å². The molecule has 1 aromatic heterocycles. The van der Waals surface area contributed by atoms with Gasteiger partial charge in [0.25, 0.3) is 0 Å². The zero-order valence-electron chi connectivity index (χ0n) is 19.1. The van der Waals surface area contributed by atoms with Gasteiger partial charge in [0, 0.05) is 24.0 Å². The molecule has 1 aliphatic carbocycles. The molecule has 0 fully saturated rings. The maximum Gasteiger partial charge on any atom is 0.306 e. The molecule has 1 unspecified atom stereocenters. The lowest BCUT2D eigenvalue weighted by Gasteiger charge is -2.19. The van der Waals surface area contributed by atoms with E-state index in [1.807, 2.05) is 0 Å². The molecule has 1 heterocycles. The summed E-state index contributed by atoms with van der Waals surface area (Å²) in [7, 11) is -3.77. The van der Waals surface area contributed by atoms with Gasteiger partial charge in [-0.05, 0) is 65.6 Å². The van der Waals surface area contributed by atoms with Crippen molar-refractivity contribution in [1.29, 1.82) is 0 Å². The second kappa shape index (κ2) is 9.29. The van der Waals surface area contributed by atoms with E-state index in [2.05, 4.69) is 36.3 Å². The third-order valence-corrected chi connectivity index (χ3v) is 6.79. The number of H-pyrrole nitrogens is 1. The highest BCUT2D eigenvalue weighted by Gasteiger charge is 2.24. The SMILES string of the molecule is CCc1cc2c(cc1CC)CC(NCC(O)c1ccc(OS(C)(=O)=O)c3[nH]c(=O)ccc13)C2. The largest absolute Gasteiger partial charge is 0.387 e. The van der Waals surface area contributed by atoms with Crippen LogP contribution in [0.4, 0.5) is 0 Å². The third-order valence-electron chi connectivity index (χ3n) is 6.31. The average molecular weight is 471 g/mol. The van der Waals surface area contributed by atoms with Gasteiger partial charge in [0.05, 0.1) is 17.9 Å². The second-order valence-electron chi connectivity index (χ2n) is 8.68. The second-order valence-corrected chi connectivity index (χ2v) is 10.3. The summed E-state index contributed by atoms with van der Waals surface area (Å²) in [6, 6.07) is 10.9. The van der Waals surface area contributed by atoms with Gasteiger partial charge in [-0.3, -0.25) is 4.79 Å². The summed E-state index contributed by atoms with van der Waals surface area (Å²) in [6.07, 6.45) is 4.01. The molecule has 7 nitrogen and oxygen atoms in total. The van der Waals surface area contributed by atoms with Gasteiger partial charge in [-0.25, -0.2) is 0 Å². The number of hydrogen-bond acceptors (Lipinski definition) is 6. The number of aromatic nitrogens is 1. The standard InChI is InChI=1S/C25H30N2O5S/c1-4-15-10-17-12-19(13-18(17)11-16(15)5-2)26-14-22(28)20-6-8-23(32-33(3,30)31)25-21(20)7-9-24(29)27-25/h6-11,19,22,26,28H,4-5,12-14H2,1-3H3,(H,27,29). The van der Waals surface area contributed by atoms with E-state index in [0.717, 1.165) is 31.9 Å². The molecule has 0 bridgehead atoms. The van der Waals surface area contributed by atoms with Crippen LogP contribution in [0.5, 0.6) is 5.75 Å². The number of pyridine rings is 1. The van der Waals surface area contributed by atoms with Crippen LogP contribution in [0.1, 0.15) is 47.8 Å². The van der Waals surface area contributed by atoms with Crippen molar-refractivity contribution in [2.45, 2.75) is 51.7 Å². The Morgan fingerprint density at radius 2 is 1.73 bits per heavy atom. The Balaban J connectivity index is 1.52. The van der Waals surface area contributed by atoms with E-state index in [4.69, 9.17) is 4.18 Å². The fraction of sp³-hybridized carbons (Fsp3) is 0.400. The zero-order valence-corrected chi connectivity index (χ0v) is 20.0. The van der Waals surface area contributed by atoms with E-state index in [-0.39, 0.29) is 22.9 Å². The number of aliphatic hydroxyl groups excluding tert-OH is 1. The molecule has 4 rings (SSSR count). The van der Waals surface area contributed by atoms with E-state index >= 15 is 0 Å². The maximum absolute atomic E-state index is 11.8. The molecule has 0 amide bonds. The van der Waals surface area contributed by atoms with Gasteiger partial charge >= 0.3 is 10.1 Å². The molecule has 3 N–H and O–H groups in total. The van der Waals surface area contributed by atoms with Crippen molar-refractivity contribution >= 4 is 21.0 Å². The van der Waals surface area contributed by atoms with Gasteiger partial charge in [-0.1, -0.05) is 32.0 Å². The molecule has 0 radical (unpaired) electrons. The van der Waals surface area contributed by atoms with Crippen molar-refractivity contribution in [2.24, 2.45) is 0 Å². The highest BCUT2D eigenvalue weighted by Crippen LogP contribution is 2.31. The minimum absolute atomic E-state index is 0.0267. The number of aliphatic hydroxyl groups is 1. The minimum Gasteiger partial charge on any atom is -0.387 e. The van der Waals surface area contributed by atoms with E-state index in [1.54, 1.807) is 12.1 Å². The number of aromatic amines is 1. The lowest BCUT2D eigenvalue weighted by atomic mass is 9.97. The molecule has 8 heteroatoms. The van der Waals surface area contributed by atoms with Crippen molar-refractivity contribution in [1.82, 2.24) is 10.3 Å². The first-order valence-electron chi connectivity index (χ1n) is 11.3. The molecule has 1 atom stereocenters. The molecule has 0 spiro atoms. The van der Waals surface area contributed by atoms with Crippen molar-refractivity contribution in [3.05, 3.63) is 74.6 Å². The number of fused-ring (bicyclic) bond motifs is 2. The van der Waals surface area contributed by atoms with Gasteiger partial charge < -0.3 is 19.6 Å².